The Morgan fingerprint density at radius 3 is 2.12 bits per heavy atom. The lowest BCUT2D eigenvalue weighted by Crippen LogP contribution is -2.40. The Morgan fingerprint density at radius 2 is 1.68 bits per heavy atom. The number of carbonyl (C=O) groups is 1. The zero-order valence-electron chi connectivity index (χ0n) is 13.3. The molecule has 2 rings (SSSR count). The third kappa shape index (κ3) is 5.25. The molecule has 25 heavy (non-hydrogen) atoms. The fraction of sp³-hybridized carbons (Fsp3) is 0.533. The topological polar surface area (TPSA) is 44.4 Å². The smallest absolute Gasteiger partial charge is 0.336 e. The van der Waals surface area contributed by atoms with Gasteiger partial charge in [0.2, 0.25) is 0 Å². The van der Waals surface area contributed by atoms with Crippen LogP contribution >= 0.6 is 0 Å². The summed E-state index contributed by atoms with van der Waals surface area (Å²) in [6.07, 6.45) is -8.09. The van der Waals surface area contributed by atoms with Crippen molar-refractivity contribution in [2.75, 3.05) is 25.5 Å². The van der Waals surface area contributed by atoms with Crippen molar-refractivity contribution in [2.45, 2.75) is 31.2 Å². The third-order valence-corrected chi connectivity index (χ3v) is 4.02. The summed E-state index contributed by atoms with van der Waals surface area (Å²) in [5, 5.41) is 4.50. The first-order valence-electron chi connectivity index (χ1n) is 7.51. The Hall–Kier alpha value is -1.97. The second-order valence-corrected chi connectivity index (χ2v) is 5.91. The van der Waals surface area contributed by atoms with Gasteiger partial charge >= 0.3 is 18.4 Å². The molecule has 140 valence electrons. The second kappa shape index (κ2) is 7.11. The van der Waals surface area contributed by atoms with Crippen LogP contribution in [0.4, 0.5) is 36.8 Å². The van der Waals surface area contributed by atoms with Gasteiger partial charge in [-0.25, -0.2) is 4.79 Å². The predicted octanol–water partition coefficient (Wildman–Crippen LogP) is 3.94. The highest BCUT2D eigenvalue weighted by molar-refractivity contribution is 5.89. The van der Waals surface area contributed by atoms with Gasteiger partial charge in [-0.15, -0.1) is 0 Å². The zero-order chi connectivity index (χ0) is 18.8. The number of halogens is 6. The molecule has 4 nitrogen and oxygen atoms in total. The van der Waals surface area contributed by atoms with Crippen LogP contribution in [0.3, 0.4) is 0 Å². The Kier molecular flexibility index (Phi) is 5.50. The largest absolute Gasteiger partial charge is 0.416 e. The standard InChI is InChI=1S/C15H17F6N3O/c1-24-4-2-3-12(24)8-22-13(25)23-11-6-9(14(16,17)18)5-10(7-11)15(19,20)21/h5-7,12H,2-4,8H2,1H3,(H2,22,23,25)/t12-/m0/s1. The molecular weight excluding hydrogens is 352 g/mol. The maximum atomic E-state index is 12.8. The van der Waals surface area contributed by atoms with E-state index in [1.807, 2.05) is 17.3 Å². The first kappa shape index (κ1) is 19.4. The Labute approximate surface area is 140 Å². The molecule has 1 heterocycles. The summed E-state index contributed by atoms with van der Waals surface area (Å²) in [7, 11) is 1.87. The first-order chi connectivity index (χ1) is 11.5. The van der Waals surface area contributed by atoms with Gasteiger partial charge in [0, 0.05) is 18.3 Å². The van der Waals surface area contributed by atoms with Crippen LogP contribution in [0, 0.1) is 0 Å². The van der Waals surface area contributed by atoms with Gasteiger partial charge in [0.1, 0.15) is 0 Å². The van der Waals surface area contributed by atoms with Gasteiger partial charge in [-0.1, -0.05) is 0 Å². The van der Waals surface area contributed by atoms with E-state index >= 15 is 0 Å². The molecule has 0 unspecified atom stereocenters. The van der Waals surface area contributed by atoms with Crippen molar-refractivity contribution in [3.8, 4) is 0 Å². The SMILES string of the molecule is CN1CCC[C@H]1CNC(=O)Nc1cc(C(F)(F)F)cc(C(F)(F)F)c1. The summed E-state index contributed by atoms with van der Waals surface area (Å²) in [5.74, 6) is 0. The summed E-state index contributed by atoms with van der Waals surface area (Å²) < 4.78 is 76.6. The predicted molar refractivity (Wildman–Crippen MR) is 79.1 cm³/mol. The van der Waals surface area contributed by atoms with E-state index in [1.54, 1.807) is 0 Å². The minimum absolute atomic E-state index is 0.0105. The highest BCUT2D eigenvalue weighted by Crippen LogP contribution is 2.37. The number of hydrogen-bond donors (Lipinski definition) is 2. The lowest BCUT2D eigenvalue weighted by molar-refractivity contribution is -0.143. The van der Waals surface area contributed by atoms with Crippen molar-refractivity contribution in [1.82, 2.24) is 10.2 Å². The van der Waals surface area contributed by atoms with E-state index in [0.29, 0.717) is 12.1 Å². The fourth-order valence-electron chi connectivity index (χ4n) is 2.65. The van der Waals surface area contributed by atoms with E-state index < -0.39 is 35.2 Å². The van der Waals surface area contributed by atoms with Gasteiger partial charge in [-0.05, 0) is 44.6 Å². The van der Waals surface area contributed by atoms with E-state index in [-0.39, 0.29) is 18.7 Å². The Morgan fingerprint density at radius 1 is 1.12 bits per heavy atom. The molecule has 1 fully saturated rings. The van der Waals surface area contributed by atoms with Crippen molar-refractivity contribution in [1.29, 1.82) is 0 Å². The van der Waals surface area contributed by atoms with Gasteiger partial charge in [0.05, 0.1) is 11.1 Å². The second-order valence-electron chi connectivity index (χ2n) is 5.91. The zero-order valence-corrected chi connectivity index (χ0v) is 13.3. The lowest BCUT2D eigenvalue weighted by atomic mass is 10.1. The van der Waals surface area contributed by atoms with Crippen molar-refractivity contribution in [3.05, 3.63) is 29.3 Å². The molecule has 1 aromatic carbocycles. The fourth-order valence-corrected chi connectivity index (χ4v) is 2.65. The highest BCUT2D eigenvalue weighted by atomic mass is 19.4. The van der Waals surface area contributed by atoms with Gasteiger partial charge in [0.25, 0.3) is 0 Å². The minimum Gasteiger partial charge on any atom is -0.336 e. The maximum Gasteiger partial charge on any atom is 0.416 e. The molecule has 1 atom stereocenters. The number of likely N-dealkylation sites (tertiary alicyclic amines) is 1. The molecule has 2 N–H and O–H groups in total. The van der Waals surface area contributed by atoms with Crippen molar-refractivity contribution in [2.24, 2.45) is 0 Å². The number of benzene rings is 1. The first-order valence-corrected chi connectivity index (χ1v) is 7.51. The molecule has 0 aromatic heterocycles. The average molecular weight is 369 g/mol. The van der Waals surface area contributed by atoms with Crippen molar-refractivity contribution < 1.29 is 31.1 Å². The summed E-state index contributed by atoms with van der Waals surface area (Å²) >= 11 is 0. The number of amides is 2. The van der Waals surface area contributed by atoms with Crippen LogP contribution in [-0.4, -0.2) is 37.1 Å². The highest BCUT2D eigenvalue weighted by Gasteiger charge is 2.37. The number of rotatable bonds is 3. The molecule has 1 saturated heterocycles. The van der Waals surface area contributed by atoms with Crippen LogP contribution in [0.25, 0.3) is 0 Å². The quantitative estimate of drug-likeness (QED) is 0.793. The summed E-state index contributed by atoms with van der Waals surface area (Å²) in [5.41, 5.74) is -3.53. The van der Waals surface area contributed by atoms with Gasteiger partial charge in [0.15, 0.2) is 0 Å². The normalized spacial score (nSPS) is 19.1. The van der Waals surface area contributed by atoms with Crippen molar-refractivity contribution in [3.63, 3.8) is 0 Å². The van der Waals surface area contributed by atoms with Crippen LogP contribution in [0.2, 0.25) is 0 Å². The molecule has 0 aliphatic carbocycles. The number of hydrogen-bond acceptors (Lipinski definition) is 2. The third-order valence-electron chi connectivity index (χ3n) is 4.02. The number of anilines is 1. The number of nitrogens with one attached hydrogen (secondary N) is 2. The molecule has 1 aliphatic heterocycles. The average Bonchev–Trinajstić information content (AvgIpc) is 2.88. The van der Waals surface area contributed by atoms with Gasteiger partial charge < -0.3 is 15.5 Å². The summed E-state index contributed by atoms with van der Waals surface area (Å²) in [4.78, 5) is 13.8. The van der Waals surface area contributed by atoms with E-state index in [0.717, 1.165) is 19.4 Å². The Balaban J connectivity index is 2.10. The summed E-state index contributed by atoms with van der Waals surface area (Å²) in [6, 6.07) is 0.189. The van der Waals surface area contributed by atoms with Crippen molar-refractivity contribution >= 4 is 11.7 Å². The molecule has 0 saturated carbocycles. The summed E-state index contributed by atoms with van der Waals surface area (Å²) in [6.45, 7) is 1.13. The monoisotopic (exact) mass is 369 g/mol. The number of likely N-dealkylation sites (N-methyl/N-ethyl adjacent to an activating group) is 1. The van der Waals surface area contributed by atoms with E-state index in [2.05, 4.69) is 5.32 Å². The number of urea groups is 1. The van der Waals surface area contributed by atoms with Crippen LogP contribution in [0.1, 0.15) is 24.0 Å². The van der Waals surface area contributed by atoms with Crippen LogP contribution in [-0.2, 0) is 12.4 Å². The molecule has 1 aromatic rings. The molecular formula is C15H17F6N3O. The van der Waals surface area contributed by atoms with E-state index in [1.165, 1.54) is 0 Å². The van der Waals surface area contributed by atoms with Gasteiger partial charge in [-0.2, -0.15) is 26.3 Å². The molecule has 0 radical (unpaired) electrons. The molecule has 2 amide bonds. The van der Waals surface area contributed by atoms with Crippen LogP contribution in [0.5, 0.6) is 0 Å². The molecule has 1 aliphatic rings. The Bertz CT molecular complexity index is 596. The maximum absolute atomic E-state index is 12.8. The van der Waals surface area contributed by atoms with Gasteiger partial charge in [-0.3, -0.25) is 0 Å². The van der Waals surface area contributed by atoms with Crippen LogP contribution in [0.15, 0.2) is 18.2 Å². The molecule has 0 spiro atoms. The van der Waals surface area contributed by atoms with E-state index in [4.69, 9.17) is 0 Å². The van der Waals surface area contributed by atoms with E-state index in [9.17, 15) is 31.1 Å². The minimum atomic E-state index is -4.96. The number of carbonyl (C=O) groups excluding carboxylic acids is 1. The molecule has 10 heteroatoms. The number of nitrogens with zero attached hydrogens (tertiary/aromatic N) is 1. The lowest BCUT2D eigenvalue weighted by Gasteiger charge is -2.20. The van der Waals surface area contributed by atoms with Crippen LogP contribution < -0.4 is 10.6 Å². The number of alkyl halides is 6. The molecule has 0 bridgehead atoms.